The fourth-order valence-corrected chi connectivity index (χ4v) is 2.56. The lowest BCUT2D eigenvalue weighted by Gasteiger charge is -2.07. The van der Waals surface area contributed by atoms with Crippen LogP contribution in [0.4, 0.5) is 0 Å². The lowest BCUT2D eigenvalue weighted by molar-refractivity contribution is 0.317. The SMILES string of the molecule is CCCOc1ccccc1/C=N/NS(=O)(=O)c1ccccc1. The minimum absolute atomic E-state index is 0.169. The van der Waals surface area contributed by atoms with Gasteiger partial charge in [0.05, 0.1) is 17.7 Å². The molecule has 0 bridgehead atoms. The first-order valence-electron chi connectivity index (χ1n) is 6.95. The van der Waals surface area contributed by atoms with E-state index in [4.69, 9.17) is 4.74 Å². The Balaban J connectivity index is 2.10. The molecule has 0 radical (unpaired) electrons. The predicted molar refractivity (Wildman–Crippen MR) is 86.6 cm³/mol. The van der Waals surface area contributed by atoms with Gasteiger partial charge in [-0.1, -0.05) is 37.3 Å². The third-order valence-electron chi connectivity index (χ3n) is 2.81. The highest BCUT2D eigenvalue weighted by Crippen LogP contribution is 2.16. The summed E-state index contributed by atoms with van der Waals surface area (Å²) < 4.78 is 29.6. The van der Waals surface area contributed by atoms with Crippen LogP contribution in [-0.2, 0) is 10.0 Å². The number of sulfonamides is 1. The van der Waals surface area contributed by atoms with E-state index in [1.165, 1.54) is 18.3 Å². The molecule has 1 N–H and O–H groups in total. The van der Waals surface area contributed by atoms with Crippen LogP contribution in [0.5, 0.6) is 5.75 Å². The van der Waals surface area contributed by atoms with E-state index >= 15 is 0 Å². The molecule has 6 heteroatoms. The van der Waals surface area contributed by atoms with Crippen molar-refractivity contribution in [2.45, 2.75) is 18.2 Å². The van der Waals surface area contributed by atoms with Crippen molar-refractivity contribution < 1.29 is 13.2 Å². The number of benzene rings is 2. The van der Waals surface area contributed by atoms with Crippen LogP contribution in [0.25, 0.3) is 0 Å². The second kappa shape index (κ2) is 7.61. The maximum Gasteiger partial charge on any atom is 0.276 e. The van der Waals surface area contributed by atoms with Crippen molar-refractivity contribution in [1.29, 1.82) is 0 Å². The van der Waals surface area contributed by atoms with Gasteiger partial charge in [0.25, 0.3) is 10.0 Å². The van der Waals surface area contributed by atoms with Crippen LogP contribution in [0.15, 0.2) is 64.6 Å². The number of hydrogen-bond donors (Lipinski definition) is 1. The molecule has 0 fully saturated rings. The van der Waals surface area contributed by atoms with E-state index in [1.807, 2.05) is 31.2 Å². The molecule has 0 heterocycles. The lowest BCUT2D eigenvalue weighted by Crippen LogP contribution is -2.18. The summed E-state index contributed by atoms with van der Waals surface area (Å²) in [6.07, 6.45) is 2.33. The molecule has 0 aromatic heterocycles. The average Bonchev–Trinajstić information content (AvgIpc) is 2.54. The summed E-state index contributed by atoms with van der Waals surface area (Å²) in [5.74, 6) is 0.673. The first-order chi connectivity index (χ1) is 10.6. The number of rotatable bonds is 7. The Morgan fingerprint density at radius 3 is 2.50 bits per heavy atom. The Kier molecular flexibility index (Phi) is 5.55. The maximum absolute atomic E-state index is 12.0. The molecular weight excluding hydrogens is 300 g/mol. The first-order valence-corrected chi connectivity index (χ1v) is 8.43. The van der Waals surface area contributed by atoms with Gasteiger partial charge in [0.2, 0.25) is 0 Å². The Morgan fingerprint density at radius 1 is 1.09 bits per heavy atom. The van der Waals surface area contributed by atoms with E-state index in [1.54, 1.807) is 18.2 Å². The van der Waals surface area contributed by atoms with Gasteiger partial charge in [0.15, 0.2) is 0 Å². The molecule has 22 heavy (non-hydrogen) atoms. The Hall–Kier alpha value is -2.34. The number of hydrazone groups is 1. The highest BCUT2D eigenvalue weighted by molar-refractivity contribution is 7.89. The summed E-state index contributed by atoms with van der Waals surface area (Å²) in [6.45, 7) is 2.62. The molecule has 0 saturated carbocycles. The molecule has 0 aliphatic rings. The zero-order chi connectivity index (χ0) is 15.8. The third kappa shape index (κ3) is 4.33. The van der Waals surface area contributed by atoms with Crippen LogP contribution in [-0.4, -0.2) is 21.2 Å². The molecule has 0 atom stereocenters. The topological polar surface area (TPSA) is 67.8 Å². The van der Waals surface area contributed by atoms with Crippen molar-refractivity contribution in [3.8, 4) is 5.75 Å². The van der Waals surface area contributed by atoms with Gasteiger partial charge in [-0.3, -0.25) is 0 Å². The molecule has 0 unspecified atom stereocenters. The summed E-state index contributed by atoms with van der Waals surface area (Å²) in [4.78, 5) is 2.36. The Labute approximate surface area is 130 Å². The largest absolute Gasteiger partial charge is 0.493 e. The number of hydrogen-bond acceptors (Lipinski definition) is 4. The number of para-hydroxylation sites is 1. The summed E-state index contributed by atoms with van der Waals surface area (Å²) in [5, 5.41) is 3.82. The predicted octanol–water partition coefficient (Wildman–Crippen LogP) is 2.79. The van der Waals surface area contributed by atoms with E-state index < -0.39 is 10.0 Å². The highest BCUT2D eigenvalue weighted by atomic mass is 32.2. The fourth-order valence-electron chi connectivity index (χ4n) is 1.75. The third-order valence-corrected chi connectivity index (χ3v) is 4.05. The molecule has 0 aliphatic carbocycles. The van der Waals surface area contributed by atoms with Crippen molar-refractivity contribution in [3.05, 3.63) is 60.2 Å². The molecule has 116 valence electrons. The van der Waals surface area contributed by atoms with Crippen LogP contribution in [0, 0.1) is 0 Å². The zero-order valence-corrected chi connectivity index (χ0v) is 13.1. The zero-order valence-electron chi connectivity index (χ0n) is 12.3. The van der Waals surface area contributed by atoms with Crippen LogP contribution >= 0.6 is 0 Å². The molecular formula is C16H18N2O3S. The van der Waals surface area contributed by atoms with Gasteiger partial charge in [0.1, 0.15) is 5.75 Å². The van der Waals surface area contributed by atoms with Gasteiger partial charge >= 0.3 is 0 Å². The minimum atomic E-state index is -3.65. The number of nitrogens with zero attached hydrogens (tertiary/aromatic N) is 1. The summed E-state index contributed by atoms with van der Waals surface area (Å²) in [7, 11) is -3.65. The monoisotopic (exact) mass is 318 g/mol. The van der Waals surface area contributed by atoms with Crippen LogP contribution in [0.3, 0.4) is 0 Å². The van der Waals surface area contributed by atoms with Crippen LogP contribution in [0.1, 0.15) is 18.9 Å². The standard InChI is InChI=1S/C16H18N2O3S/c1-2-12-21-16-11-7-6-8-14(16)13-17-18-22(19,20)15-9-4-3-5-10-15/h3-11,13,18H,2,12H2,1H3/b17-13+. The molecule has 5 nitrogen and oxygen atoms in total. The van der Waals surface area contributed by atoms with Gasteiger partial charge in [0, 0.05) is 5.56 Å². The van der Waals surface area contributed by atoms with Gasteiger partial charge in [-0.05, 0) is 30.7 Å². The van der Waals surface area contributed by atoms with Crippen LogP contribution < -0.4 is 9.57 Å². The van der Waals surface area contributed by atoms with Gasteiger partial charge in [-0.15, -0.1) is 0 Å². The lowest BCUT2D eigenvalue weighted by atomic mass is 10.2. The fraction of sp³-hybridized carbons (Fsp3) is 0.188. The number of nitrogens with one attached hydrogen (secondary N) is 1. The summed E-state index contributed by atoms with van der Waals surface area (Å²) >= 11 is 0. The maximum atomic E-state index is 12.0. The number of ether oxygens (including phenoxy) is 1. The van der Waals surface area contributed by atoms with Gasteiger partial charge in [-0.25, -0.2) is 4.83 Å². The van der Waals surface area contributed by atoms with E-state index in [2.05, 4.69) is 9.93 Å². The van der Waals surface area contributed by atoms with Crippen molar-refractivity contribution in [1.82, 2.24) is 4.83 Å². The Morgan fingerprint density at radius 2 is 1.77 bits per heavy atom. The Bertz CT molecular complexity index is 728. The summed E-state index contributed by atoms with van der Waals surface area (Å²) in [5.41, 5.74) is 0.715. The minimum Gasteiger partial charge on any atom is -0.493 e. The molecule has 2 rings (SSSR count). The van der Waals surface area contributed by atoms with E-state index in [-0.39, 0.29) is 4.90 Å². The molecule has 2 aromatic rings. The van der Waals surface area contributed by atoms with Gasteiger partial charge in [-0.2, -0.15) is 13.5 Å². The normalized spacial score (nSPS) is 11.5. The summed E-state index contributed by atoms with van der Waals surface area (Å²) in [6, 6.07) is 15.4. The van der Waals surface area contributed by atoms with E-state index in [0.717, 1.165) is 6.42 Å². The van der Waals surface area contributed by atoms with Crippen LogP contribution in [0.2, 0.25) is 0 Å². The second-order valence-electron chi connectivity index (χ2n) is 4.55. The average molecular weight is 318 g/mol. The quantitative estimate of drug-likeness (QED) is 0.630. The van der Waals surface area contributed by atoms with Crippen molar-refractivity contribution in [3.63, 3.8) is 0 Å². The molecule has 0 aliphatic heterocycles. The van der Waals surface area contributed by atoms with Crippen molar-refractivity contribution in [2.24, 2.45) is 5.10 Å². The van der Waals surface area contributed by atoms with Crippen molar-refractivity contribution in [2.75, 3.05) is 6.61 Å². The molecule has 0 saturated heterocycles. The second-order valence-corrected chi connectivity index (χ2v) is 6.21. The van der Waals surface area contributed by atoms with E-state index in [9.17, 15) is 8.42 Å². The van der Waals surface area contributed by atoms with E-state index in [0.29, 0.717) is 17.9 Å². The van der Waals surface area contributed by atoms with Crippen molar-refractivity contribution >= 4 is 16.2 Å². The highest BCUT2D eigenvalue weighted by Gasteiger charge is 2.11. The smallest absolute Gasteiger partial charge is 0.276 e. The first kappa shape index (κ1) is 16.0. The van der Waals surface area contributed by atoms with Gasteiger partial charge < -0.3 is 4.74 Å². The molecule has 0 amide bonds. The molecule has 0 spiro atoms. The molecule has 2 aromatic carbocycles.